The summed E-state index contributed by atoms with van der Waals surface area (Å²) in [6, 6.07) is 0. The zero-order valence-electron chi connectivity index (χ0n) is 19.4. The molecule has 0 radical (unpaired) electrons. The summed E-state index contributed by atoms with van der Waals surface area (Å²) >= 11 is 5.62. The smallest absolute Gasteiger partial charge is 0.130 e. The average Bonchev–Trinajstić information content (AvgIpc) is 3.02. The summed E-state index contributed by atoms with van der Waals surface area (Å²) in [6.45, 7) is 8.93. The number of allylic oxidation sites excluding steroid dienone is 1. The van der Waals surface area contributed by atoms with E-state index in [1.807, 2.05) is 13.8 Å². The van der Waals surface area contributed by atoms with Gasteiger partial charge in [0.2, 0.25) is 0 Å². The molecule has 3 fully saturated rings. The minimum Gasteiger partial charge on any atom is -0.390 e. The number of aliphatic hydroxyl groups is 2. The van der Waals surface area contributed by atoms with E-state index in [0.29, 0.717) is 23.7 Å². The zero-order chi connectivity index (χ0) is 21.7. The van der Waals surface area contributed by atoms with E-state index >= 15 is 0 Å². The summed E-state index contributed by atoms with van der Waals surface area (Å²) in [5.41, 5.74) is 0.465. The number of hydrogen-bond donors (Lipinski definition) is 2. The Labute approximate surface area is 188 Å². The molecule has 2 nitrogen and oxygen atoms in total. The van der Waals surface area contributed by atoms with Gasteiger partial charge in [0.25, 0.3) is 0 Å². The Bertz CT molecular complexity index is 740. The lowest BCUT2D eigenvalue weighted by Gasteiger charge is -2.55. The van der Waals surface area contributed by atoms with Crippen LogP contribution in [0, 0.1) is 52.2 Å². The normalized spacial score (nSPS) is 44.1. The molecule has 0 aliphatic heterocycles. The Morgan fingerprint density at radius 2 is 1.97 bits per heavy atom. The van der Waals surface area contributed by atoms with Crippen LogP contribution in [0.3, 0.4) is 0 Å². The summed E-state index contributed by atoms with van der Waals surface area (Å²) in [5, 5.41) is 23.4. The molecule has 4 aliphatic carbocycles. The fourth-order valence-corrected chi connectivity index (χ4v) is 8.42. The molecule has 2 N–H and O–H groups in total. The van der Waals surface area contributed by atoms with Crippen LogP contribution in [-0.2, 0) is 0 Å². The van der Waals surface area contributed by atoms with E-state index < -0.39 is 11.2 Å². The van der Waals surface area contributed by atoms with Crippen LogP contribution in [0.1, 0.15) is 91.9 Å². The highest BCUT2D eigenvalue weighted by Crippen LogP contribution is 2.65. The number of halogens is 1. The molecule has 0 aromatic heterocycles. The molecule has 4 aliphatic rings. The van der Waals surface area contributed by atoms with Crippen LogP contribution >= 0.6 is 11.6 Å². The molecule has 0 bridgehead atoms. The van der Waals surface area contributed by atoms with Crippen LogP contribution in [-0.4, -0.2) is 21.4 Å². The fourth-order valence-electron chi connectivity index (χ4n) is 8.24. The standard InChI is InChI=1S/C27H41ClO2/c1-18(9-12-25(2,3)29)23-7-8-24-22-6-5-19-17-27(30,15-16-28)14-11-20(19)21(22)10-13-26(23,24)4/h5,18,20-24,29-30H,6-14,17H2,1-4H3/t18?,20?,21?,22?,23-,24?,26-,27-/m1/s1. The molecule has 30 heavy (non-hydrogen) atoms. The maximum absolute atomic E-state index is 10.8. The number of hydrogen-bond acceptors (Lipinski definition) is 2. The fraction of sp³-hybridized carbons (Fsp3) is 0.852. The molecule has 0 saturated heterocycles. The third-order valence-corrected chi connectivity index (χ3v) is 9.85. The van der Waals surface area contributed by atoms with Gasteiger partial charge < -0.3 is 10.2 Å². The van der Waals surface area contributed by atoms with Gasteiger partial charge in [-0.25, -0.2) is 0 Å². The first-order valence-corrected chi connectivity index (χ1v) is 12.7. The molecule has 0 heterocycles. The highest BCUT2D eigenvalue weighted by molar-refractivity contribution is 6.30. The van der Waals surface area contributed by atoms with Crippen molar-refractivity contribution in [1.29, 1.82) is 0 Å². The molecule has 8 atom stereocenters. The summed E-state index contributed by atoms with van der Waals surface area (Å²) < 4.78 is 0. The Balaban J connectivity index is 1.48. The van der Waals surface area contributed by atoms with Crippen molar-refractivity contribution in [2.24, 2.45) is 40.9 Å². The topological polar surface area (TPSA) is 40.5 Å². The van der Waals surface area contributed by atoms with Crippen molar-refractivity contribution in [3.63, 3.8) is 0 Å². The van der Waals surface area contributed by atoms with E-state index in [0.717, 1.165) is 49.4 Å². The van der Waals surface area contributed by atoms with Gasteiger partial charge in [0.05, 0.1) is 5.60 Å². The van der Waals surface area contributed by atoms with Crippen LogP contribution in [0.5, 0.6) is 0 Å². The maximum Gasteiger partial charge on any atom is 0.130 e. The summed E-state index contributed by atoms with van der Waals surface area (Å²) in [6.07, 6.45) is 13.7. The molecule has 168 valence electrons. The van der Waals surface area contributed by atoms with Gasteiger partial charge >= 0.3 is 0 Å². The van der Waals surface area contributed by atoms with Crippen molar-refractivity contribution in [1.82, 2.24) is 0 Å². The second-order valence-corrected chi connectivity index (χ2v) is 12.3. The van der Waals surface area contributed by atoms with Crippen LogP contribution in [0.4, 0.5) is 0 Å². The highest BCUT2D eigenvalue weighted by atomic mass is 35.5. The Morgan fingerprint density at radius 3 is 2.67 bits per heavy atom. The van der Waals surface area contributed by atoms with E-state index in [9.17, 15) is 10.2 Å². The predicted octanol–water partition coefficient (Wildman–Crippen LogP) is 6.29. The second-order valence-electron chi connectivity index (χ2n) is 12.1. The first-order chi connectivity index (χ1) is 14.1. The average molecular weight is 433 g/mol. The third-order valence-electron chi connectivity index (χ3n) is 9.75. The predicted molar refractivity (Wildman–Crippen MR) is 124 cm³/mol. The SMILES string of the molecule is CC(CCC(C)(C)O)[C@H]1CCC2C3CC=C4C[C@](O)(C#CCl)CCC4C3CC[C@@]21C. The Morgan fingerprint density at radius 1 is 1.20 bits per heavy atom. The first-order valence-electron chi connectivity index (χ1n) is 12.3. The van der Waals surface area contributed by atoms with E-state index in [1.54, 1.807) is 0 Å². The molecule has 0 aromatic rings. The number of fused-ring (bicyclic) bond motifs is 5. The third kappa shape index (κ3) is 4.12. The molecule has 0 spiro atoms. The van der Waals surface area contributed by atoms with E-state index in [-0.39, 0.29) is 0 Å². The molecule has 4 rings (SSSR count). The van der Waals surface area contributed by atoms with Crippen molar-refractivity contribution in [2.45, 2.75) is 103 Å². The van der Waals surface area contributed by atoms with Crippen molar-refractivity contribution >= 4 is 11.6 Å². The van der Waals surface area contributed by atoms with Gasteiger partial charge in [0, 0.05) is 11.8 Å². The first kappa shape index (κ1) is 22.7. The largest absolute Gasteiger partial charge is 0.390 e. The summed E-state index contributed by atoms with van der Waals surface area (Å²) in [7, 11) is 0. The van der Waals surface area contributed by atoms with Gasteiger partial charge in [0.15, 0.2) is 0 Å². The van der Waals surface area contributed by atoms with Gasteiger partial charge in [-0.15, -0.1) is 0 Å². The van der Waals surface area contributed by atoms with Crippen LogP contribution < -0.4 is 0 Å². The van der Waals surface area contributed by atoms with Gasteiger partial charge in [-0.05, 0) is 124 Å². The molecule has 0 amide bonds. The summed E-state index contributed by atoms with van der Waals surface area (Å²) in [4.78, 5) is 0. The van der Waals surface area contributed by atoms with Crippen LogP contribution in [0.15, 0.2) is 11.6 Å². The minimum atomic E-state index is -0.908. The van der Waals surface area contributed by atoms with Gasteiger partial charge in [0.1, 0.15) is 5.60 Å². The van der Waals surface area contributed by atoms with Gasteiger partial charge in [-0.3, -0.25) is 0 Å². The molecular formula is C27H41ClO2. The van der Waals surface area contributed by atoms with Gasteiger partial charge in [-0.2, -0.15) is 0 Å². The van der Waals surface area contributed by atoms with E-state index in [4.69, 9.17) is 11.6 Å². The van der Waals surface area contributed by atoms with Crippen LogP contribution in [0.25, 0.3) is 0 Å². The monoisotopic (exact) mass is 432 g/mol. The van der Waals surface area contributed by atoms with Crippen molar-refractivity contribution in [2.75, 3.05) is 0 Å². The van der Waals surface area contributed by atoms with Crippen LogP contribution in [0.2, 0.25) is 0 Å². The highest BCUT2D eigenvalue weighted by Gasteiger charge is 2.57. The maximum atomic E-state index is 10.8. The Kier molecular flexibility index (Phi) is 6.15. The quantitative estimate of drug-likeness (QED) is 0.404. The molecule has 5 unspecified atom stereocenters. The molecular weight excluding hydrogens is 392 g/mol. The van der Waals surface area contributed by atoms with E-state index in [1.165, 1.54) is 37.7 Å². The number of rotatable bonds is 4. The second kappa shape index (κ2) is 8.13. The van der Waals surface area contributed by atoms with Gasteiger partial charge in [-0.1, -0.05) is 31.4 Å². The molecule has 0 aromatic carbocycles. The van der Waals surface area contributed by atoms with Crippen molar-refractivity contribution in [3.05, 3.63) is 11.6 Å². The van der Waals surface area contributed by atoms with Crippen molar-refractivity contribution in [3.8, 4) is 11.3 Å². The molecule has 3 heteroatoms. The lowest BCUT2D eigenvalue weighted by molar-refractivity contribution is -0.0367. The lowest BCUT2D eigenvalue weighted by atomic mass is 9.50. The Hall–Kier alpha value is -0.490. The van der Waals surface area contributed by atoms with E-state index in [2.05, 4.69) is 31.2 Å². The molecule has 3 saturated carbocycles. The zero-order valence-corrected chi connectivity index (χ0v) is 20.1. The van der Waals surface area contributed by atoms with Crippen molar-refractivity contribution < 1.29 is 10.2 Å². The minimum absolute atomic E-state index is 0.463. The summed E-state index contributed by atoms with van der Waals surface area (Å²) in [5.74, 6) is 7.45. The lowest BCUT2D eigenvalue weighted by Crippen LogP contribution is -2.48.